The van der Waals surface area contributed by atoms with Gasteiger partial charge in [0.15, 0.2) is 10.9 Å². The predicted molar refractivity (Wildman–Crippen MR) is 129 cm³/mol. The molecule has 4 rings (SSSR count). The first-order valence-electron chi connectivity index (χ1n) is 10.4. The van der Waals surface area contributed by atoms with Gasteiger partial charge >= 0.3 is 0 Å². The summed E-state index contributed by atoms with van der Waals surface area (Å²) in [6.07, 6.45) is 5.09. The Hall–Kier alpha value is -3.78. The molecule has 0 aliphatic heterocycles. The van der Waals surface area contributed by atoms with Gasteiger partial charge in [0.25, 0.3) is 5.91 Å². The van der Waals surface area contributed by atoms with Gasteiger partial charge in [-0.2, -0.15) is 0 Å². The summed E-state index contributed by atoms with van der Waals surface area (Å²) in [5, 5.41) is 6.45. The average molecular weight is 461 g/mol. The fourth-order valence-electron chi connectivity index (χ4n) is 3.16. The maximum Gasteiger partial charge on any atom is 0.291 e. The largest absolute Gasteiger partial charge is 0.459 e. The monoisotopic (exact) mass is 460 g/mol. The van der Waals surface area contributed by atoms with Crippen molar-refractivity contribution in [3.63, 3.8) is 0 Å². The van der Waals surface area contributed by atoms with Crippen molar-refractivity contribution < 1.29 is 14.0 Å². The van der Waals surface area contributed by atoms with Gasteiger partial charge < -0.3 is 15.1 Å². The molecule has 0 aliphatic carbocycles. The van der Waals surface area contributed by atoms with Gasteiger partial charge in [-0.1, -0.05) is 30.0 Å². The van der Waals surface area contributed by atoms with E-state index in [0.717, 1.165) is 16.4 Å². The highest BCUT2D eigenvalue weighted by molar-refractivity contribution is 7.99. The third-order valence-corrected chi connectivity index (χ3v) is 6.12. The Labute approximate surface area is 196 Å². The molecule has 0 fully saturated rings. The molecule has 0 spiro atoms. The van der Waals surface area contributed by atoms with Gasteiger partial charge in [0.2, 0.25) is 5.91 Å². The molecule has 0 saturated heterocycles. The van der Waals surface area contributed by atoms with Crippen LogP contribution in [0.2, 0.25) is 0 Å². The second kappa shape index (κ2) is 10.2. The molecule has 2 N–H and O–H groups in total. The van der Waals surface area contributed by atoms with E-state index >= 15 is 0 Å². The lowest BCUT2D eigenvalue weighted by Gasteiger charge is -2.10. The topological polar surface area (TPSA) is 89.2 Å². The minimum absolute atomic E-state index is 0.0789. The smallest absolute Gasteiger partial charge is 0.291 e. The number of furan rings is 1. The van der Waals surface area contributed by atoms with Crippen molar-refractivity contribution in [3.05, 3.63) is 95.7 Å². The van der Waals surface area contributed by atoms with Crippen LogP contribution in [-0.4, -0.2) is 27.1 Å². The van der Waals surface area contributed by atoms with Gasteiger partial charge in [-0.25, -0.2) is 4.98 Å². The summed E-state index contributed by atoms with van der Waals surface area (Å²) in [5.74, 6) is 0.128. The van der Waals surface area contributed by atoms with E-state index in [0.29, 0.717) is 12.2 Å². The maximum atomic E-state index is 12.4. The molecule has 0 aliphatic rings. The van der Waals surface area contributed by atoms with Gasteiger partial charge in [-0.05, 0) is 66.9 Å². The molecule has 2 aromatic heterocycles. The van der Waals surface area contributed by atoms with Gasteiger partial charge in [-0.3, -0.25) is 14.2 Å². The number of hydrogen-bond donors (Lipinski definition) is 2. The zero-order valence-electron chi connectivity index (χ0n) is 18.4. The van der Waals surface area contributed by atoms with E-state index in [-0.39, 0.29) is 23.3 Å². The number of aryl methyl sites for hydroxylation is 2. The molecule has 0 unspecified atom stereocenters. The lowest BCUT2D eigenvalue weighted by Crippen LogP contribution is -2.24. The number of anilines is 1. The van der Waals surface area contributed by atoms with Crippen LogP contribution in [-0.2, 0) is 11.3 Å². The zero-order chi connectivity index (χ0) is 23.2. The highest BCUT2D eigenvalue weighted by Gasteiger charge is 2.11. The molecular formula is C25H24N4O3S. The maximum absolute atomic E-state index is 12.4. The van der Waals surface area contributed by atoms with Crippen molar-refractivity contribution in [1.82, 2.24) is 14.9 Å². The summed E-state index contributed by atoms with van der Waals surface area (Å²) in [6.45, 7) is 4.56. The normalized spacial score (nSPS) is 10.7. The number of amides is 2. The van der Waals surface area contributed by atoms with Gasteiger partial charge in [-0.15, -0.1) is 0 Å². The molecule has 2 aromatic carbocycles. The Morgan fingerprint density at radius 2 is 1.88 bits per heavy atom. The van der Waals surface area contributed by atoms with E-state index in [2.05, 4.69) is 47.7 Å². The molecule has 2 heterocycles. The molecular weight excluding hydrogens is 436 g/mol. The quantitative estimate of drug-likeness (QED) is 0.371. The molecule has 8 heteroatoms. The Kier molecular flexibility index (Phi) is 6.95. The first-order valence-corrected chi connectivity index (χ1v) is 11.4. The summed E-state index contributed by atoms with van der Waals surface area (Å²) in [4.78, 5) is 28.8. The van der Waals surface area contributed by atoms with E-state index in [9.17, 15) is 9.59 Å². The van der Waals surface area contributed by atoms with Crippen LogP contribution in [0, 0.1) is 13.8 Å². The van der Waals surface area contributed by atoms with E-state index in [4.69, 9.17) is 4.42 Å². The molecule has 7 nitrogen and oxygen atoms in total. The summed E-state index contributed by atoms with van der Waals surface area (Å²) in [5.41, 5.74) is 5.06. The Morgan fingerprint density at radius 3 is 2.61 bits per heavy atom. The number of benzene rings is 2. The van der Waals surface area contributed by atoms with Crippen LogP contribution < -0.4 is 10.6 Å². The molecule has 0 radical (unpaired) electrons. The van der Waals surface area contributed by atoms with Crippen molar-refractivity contribution in [3.8, 4) is 5.69 Å². The van der Waals surface area contributed by atoms with Gasteiger partial charge in [0.1, 0.15) is 0 Å². The Balaban J connectivity index is 1.27. The molecule has 4 aromatic rings. The van der Waals surface area contributed by atoms with Crippen molar-refractivity contribution in [2.75, 3.05) is 11.1 Å². The van der Waals surface area contributed by atoms with Crippen LogP contribution in [0.3, 0.4) is 0 Å². The van der Waals surface area contributed by atoms with Crippen LogP contribution >= 0.6 is 11.8 Å². The van der Waals surface area contributed by atoms with Gasteiger partial charge in [0.05, 0.1) is 12.0 Å². The number of rotatable bonds is 8. The number of imidazole rings is 1. The third-order valence-electron chi connectivity index (χ3n) is 5.15. The molecule has 2 amide bonds. The minimum atomic E-state index is -0.308. The summed E-state index contributed by atoms with van der Waals surface area (Å²) < 4.78 is 7.07. The highest BCUT2D eigenvalue weighted by Crippen LogP contribution is 2.22. The molecule has 0 atom stereocenters. The van der Waals surface area contributed by atoms with Gasteiger partial charge in [0, 0.05) is 30.3 Å². The average Bonchev–Trinajstić information content (AvgIpc) is 3.51. The zero-order valence-corrected chi connectivity index (χ0v) is 19.2. The van der Waals surface area contributed by atoms with Crippen molar-refractivity contribution in [2.45, 2.75) is 25.5 Å². The van der Waals surface area contributed by atoms with E-state index in [1.807, 2.05) is 22.9 Å². The van der Waals surface area contributed by atoms with Crippen LogP contribution in [0.4, 0.5) is 5.69 Å². The number of thioether (sulfide) groups is 1. The number of nitrogens with zero attached hydrogens (tertiary/aromatic N) is 2. The number of hydrogen-bond acceptors (Lipinski definition) is 5. The summed E-state index contributed by atoms with van der Waals surface area (Å²) in [6, 6.07) is 16.8. The van der Waals surface area contributed by atoms with E-state index < -0.39 is 0 Å². The van der Waals surface area contributed by atoms with Crippen LogP contribution in [0.5, 0.6) is 0 Å². The van der Waals surface area contributed by atoms with E-state index in [1.165, 1.54) is 29.2 Å². The summed E-state index contributed by atoms with van der Waals surface area (Å²) >= 11 is 1.39. The lowest BCUT2D eigenvalue weighted by molar-refractivity contribution is -0.118. The Bertz CT molecular complexity index is 1250. The van der Waals surface area contributed by atoms with E-state index in [1.54, 1.807) is 30.5 Å². The first kappa shape index (κ1) is 22.4. The lowest BCUT2D eigenvalue weighted by atomic mass is 10.1. The number of aromatic nitrogens is 2. The van der Waals surface area contributed by atoms with Crippen molar-refractivity contribution in [1.29, 1.82) is 0 Å². The molecule has 168 valence electrons. The minimum Gasteiger partial charge on any atom is -0.459 e. The number of nitrogens with one attached hydrogen (secondary N) is 2. The SMILES string of the molecule is Cc1ccc(-n2ccnc2SCC(=O)NCc2ccc(NC(=O)c3ccco3)cc2)cc1C. The van der Waals surface area contributed by atoms with Crippen LogP contribution in [0.15, 0.2) is 82.8 Å². The number of carbonyl (C=O) groups is 2. The fourth-order valence-corrected chi connectivity index (χ4v) is 3.96. The third kappa shape index (κ3) is 5.72. The number of carbonyl (C=O) groups excluding carboxylic acids is 2. The van der Waals surface area contributed by atoms with Crippen molar-refractivity contribution in [2.24, 2.45) is 0 Å². The summed E-state index contributed by atoms with van der Waals surface area (Å²) in [7, 11) is 0. The van der Waals surface area contributed by atoms with Crippen LogP contribution in [0.25, 0.3) is 5.69 Å². The highest BCUT2D eigenvalue weighted by atomic mass is 32.2. The van der Waals surface area contributed by atoms with Crippen LogP contribution in [0.1, 0.15) is 27.2 Å². The second-order valence-corrected chi connectivity index (χ2v) is 8.48. The predicted octanol–water partition coefficient (Wildman–Crippen LogP) is 4.74. The molecule has 0 bridgehead atoms. The Morgan fingerprint density at radius 1 is 1.06 bits per heavy atom. The second-order valence-electron chi connectivity index (χ2n) is 7.54. The van der Waals surface area contributed by atoms with Crippen molar-refractivity contribution >= 4 is 29.3 Å². The molecule has 0 saturated carbocycles. The first-order chi connectivity index (χ1) is 16.0. The molecule has 33 heavy (non-hydrogen) atoms. The standard InChI is InChI=1S/C25H24N4O3S/c1-17-5-10-21(14-18(17)2)29-12-11-26-25(29)33-16-23(30)27-15-19-6-8-20(9-7-19)28-24(31)22-4-3-13-32-22/h3-14H,15-16H2,1-2H3,(H,27,30)(H,28,31). The fraction of sp³-hybridized carbons (Fsp3) is 0.160.